The zero-order chi connectivity index (χ0) is 16.5. The third-order valence-corrected chi connectivity index (χ3v) is 3.39. The van der Waals surface area contributed by atoms with Crippen LogP contribution < -0.4 is 4.74 Å². The van der Waals surface area contributed by atoms with E-state index in [1.165, 1.54) is 0 Å². The van der Waals surface area contributed by atoms with Crippen LogP contribution in [0, 0.1) is 6.92 Å². The molecule has 1 aromatic carbocycles. The molecular formula is C18H22N2O3. The number of methoxy groups -OCH3 is 1. The molecule has 0 aliphatic rings. The van der Waals surface area contributed by atoms with E-state index in [1.54, 1.807) is 24.4 Å². The Kier molecular flexibility index (Phi) is 6.56. The molecule has 0 spiro atoms. The Morgan fingerprint density at radius 1 is 1.22 bits per heavy atom. The highest BCUT2D eigenvalue weighted by Gasteiger charge is 2.14. The SMILES string of the molecule is COCCN(Cc1ccncc1)C(=O)COc1cccc(C)c1. The zero-order valence-electron chi connectivity index (χ0n) is 13.6. The highest BCUT2D eigenvalue weighted by atomic mass is 16.5. The maximum Gasteiger partial charge on any atom is 0.260 e. The average Bonchev–Trinajstić information content (AvgIpc) is 2.57. The van der Waals surface area contributed by atoms with Crippen LogP contribution in [0.15, 0.2) is 48.8 Å². The summed E-state index contributed by atoms with van der Waals surface area (Å²) in [4.78, 5) is 18.2. The van der Waals surface area contributed by atoms with Crippen molar-refractivity contribution >= 4 is 5.91 Å². The molecule has 0 aliphatic carbocycles. The first-order valence-electron chi connectivity index (χ1n) is 7.54. The predicted octanol–water partition coefficient (Wildman–Crippen LogP) is 2.44. The third-order valence-electron chi connectivity index (χ3n) is 3.39. The molecule has 0 N–H and O–H groups in total. The van der Waals surface area contributed by atoms with Gasteiger partial charge in [-0.3, -0.25) is 9.78 Å². The number of carbonyl (C=O) groups is 1. The average molecular weight is 314 g/mol. The maximum absolute atomic E-state index is 12.4. The topological polar surface area (TPSA) is 51.7 Å². The van der Waals surface area contributed by atoms with Crippen LogP contribution in [0.3, 0.4) is 0 Å². The van der Waals surface area contributed by atoms with Gasteiger partial charge < -0.3 is 14.4 Å². The van der Waals surface area contributed by atoms with Gasteiger partial charge in [-0.2, -0.15) is 0 Å². The number of aromatic nitrogens is 1. The molecule has 0 saturated carbocycles. The molecule has 1 aromatic heterocycles. The molecule has 23 heavy (non-hydrogen) atoms. The summed E-state index contributed by atoms with van der Waals surface area (Å²) in [6, 6.07) is 11.5. The second kappa shape index (κ2) is 8.90. The second-order valence-electron chi connectivity index (χ2n) is 5.27. The minimum absolute atomic E-state index is 0.0122. The van der Waals surface area contributed by atoms with Crippen LogP contribution in [0.5, 0.6) is 5.75 Å². The van der Waals surface area contributed by atoms with Gasteiger partial charge in [-0.15, -0.1) is 0 Å². The summed E-state index contributed by atoms with van der Waals surface area (Å²) in [6.45, 7) is 3.53. The van der Waals surface area contributed by atoms with Crippen molar-refractivity contribution in [1.82, 2.24) is 9.88 Å². The zero-order valence-corrected chi connectivity index (χ0v) is 13.6. The molecule has 0 unspecified atom stereocenters. The van der Waals surface area contributed by atoms with E-state index < -0.39 is 0 Å². The molecule has 0 aliphatic heterocycles. The van der Waals surface area contributed by atoms with Crippen molar-refractivity contribution in [3.8, 4) is 5.75 Å². The van der Waals surface area contributed by atoms with Crippen molar-refractivity contribution in [3.05, 3.63) is 59.9 Å². The smallest absolute Gasteiger partial charge is 0.260 e. The highest BCUT2D eigenvalue weighted by Crippen LogP contribution is 2.13. The van der Waals surface area contributed by atoms with Gasteiger partial charge in [0.05, 0.1) is 6.61 Å². The Labute approximate surface area is 136 Å². The molecule has 1 heterocycles. The number of hydrogen-bond acceptors (Lipinski definition) is 4. The van der Waals surface area contributed by atoms with Gasteiger partial charge in [0.2, 0.25) is 0 Å². The molecule has 0 fully saturated rings. The number of amides is 1. The lowest BCUT2D eigenvalue weighted by atomic mass is 10.2. The fourth-order valence-electron chi connectivity index (χ4n) is 2.14. The van der Waals surface area contributed by atoms with Crippen LogP contribution in [-0.2, 0) is 16.1 Å². The number of ether oxygens (including phenoxy) is 2. The minimum Gasteiger partial charge on any atom is -0.484 e. The number of benzene rings is 1. The normalized spacial score (nSPS) is 10.3. The van der Waals surface area contributed by atoms with E-state index in [0.717, 1.165) is 11.1 Å². The van der Waals surface area contributed by atoms with Crippen LogP contribution in [0.2, 0.25) is 0 Å². The Hall–Kier alpha value is -2.40. The van der Waals surface area contributed by atoms with Crippen molar-refractivity contribution in [2.75, 3.05) is 26.9 Å². The van der Waals surface area contributed by atoms with E-state index in [4.69, 9.17) is 9.47 Å². The van der Waals surface area contributed by atoms with Gasteiger partial charge in [0.15, 0.2) is 6.61 Å². The molecule has 2 rings (SSSR count). The highest BCUT2D eigenvalue weighted by molar-refractivity contribution is 5.77. The van der Waals surface area contributed by atoms with E-state index >= 15 is 0 Å². The number of carbonyl (C=O) groups excluding carboxylic acids is 1. The third kappa shape index (κ3) is 5.71. The van der Waals surface area contributed by atoms with Crippen molar-refractivity contribution in [3.63, 3.8) is 0 Å². The fraction of sp³-hybridized carbons (Fsp3) is 0.333. The van der Waals surface area contributed by atoms with Gasteiger partial charge in [-0.05, 0) is 42.3 Å². The number of nitrogens with zero attached hydrogens (tertiary/aromatic N) is 2. The van der Waals surface area contributed by atoms with E-state index in [-0.39, 0.29) is 12.5 Å². The standard InChI is InChI=1S/C18H22N2O3/c1-15-4-3-5-17(12-15)23-14-18(21)20(10-11-22-2)13-16-6-8-19-9-7-16/h3-9,12H,10-11,13-14H2,1-2H3. The predicted molar refractivity (Wildman–Crippen MR) is 88.2 cm³/mol. The monoisotopic (exact) mass is 314 g/mol. The Balaban J connectivity index is 1.95. The van der Waals surface area contributed by atoms with Crippen LogP contribution >= 0.6 is 0 Å². The number of pyridine rings is 1. The molecule has 0 atom stereocenters. The van der Waals surface area contributed by atoms with Gasteiger partial charge in [-0.25, -0.2) is 0 Å². The summed E-state index contributed by atoms with van der Waals surface area (Å²) >= 11 is 0. The van der Waals surface area contributed by atoms with Crippen molar-refractivity contribution in [2.24, 2.45) is 0 Å². The van der Waals surface area contributed by atoms with Gasteiger partial charge in [-0.1, -0.05) is 12.1 Å². The summed E-state index contributed by atoms with van der Waals surface area (Å²) in [6.07, 6.45) is 3.44. The van der Waals surface area contributed by atoms with Gasteiger partial charge in [0, 0.05) is 32.6 Å². The molecule has 122 valence electrons. The van der Waals surface area contributed by atoms with Gasteiger partial charge in [0.1, 0.15) is 5.75 Å². The van der Waals surface area contributed by atoms with Gasteiger partial charge >= 0.3 is 0 Å². The Morgan fingerprint density at radius 3 is 2.70 bits per heavy atom. The van der Waals surface area contributed by atoms with Crippen molar-refractivity contribution in [2.45, 2.75) is 13.5 Å². The van der Waals surface area contributed by atoms with Crippen molar-refractivity contribution in [1.29, 1.82) is 0 Å². The Morgan fingerprint density at radius 2 is 2.00 bits per heavy atom. The molecule has 0 bridgehead atoms. The van der Waals surface area contributed by atoms with Crippen molar-refractivity contribution < 1.29 is 14.3 Å². The molecule has 1 amide bonds. The van der Waals surface area contributed by atoms with Crippen LogP contribution in [0.4, 0.5) is 0 Å². The molecule has 0 saturated heterocycles. The summed E-state index contributed by atoms with van der Waals surface area (Å²) in [5.74, 6) is 0.634. The first-order valence-corrected chi connectivity index (χ1v) is 7.54. The van der Waals surface area contributed by atoms with E-state index in [0.29, 0.717) is 25.4 Å². The first-order chi connectivity index (χ1) is 11.2. The lowest BCUT2D eigenvalue weighted by molar-refractivity contribution is -0.134. The maximum atomic E-state index is 12.4. The lowest BCUT2D eigenvalue weighted by Gasteiger charge is -2.22. The summed E-state index contributed by atoms with van der Waals surface area (Å²) in [7, 11) is 1.62. The number of rotatable bonds is 8. The second-order valence-corrected chi connectivity index (χ2v) is 5.27. The molecule has 2 aromatic rings. The summed E-state index contributed by atoms with van der Waals surface area (Å²) in [5, 5.41) is 0. The first kappa shape index (κ1) is 17.0. The number of aryl methyl sites for hydroxylation is 1. The fourth-order valence-corrected chi connectivity index (χ4v) is 2.14. The largest absolute Gasteiger partial charge is 0.484 e. The van der Waals surface area contributed by atoms with E-state index in [2.05, 4.69) is 4.98 Å². The number of hydrogen-bond donors (Lipinski definition) is 0. The molecular weight excluding hydrogens is 292 g/mol. The quantitative estimate of drug-likeness (QED) is 0.751. The van der Waals surface area contributed by atoms with E-state index in [1.807, 2.05) is 43.3 Å². The van der Waals surface area contributed by atoms with E-state index in [9.17, 15) is 4.79 Å². The van der Waals surface area contributed by atoms with Crippen LogP contribution in [-0.4, -0.2) is 42.7 Å². The van der Waals surface area contributed by atoms with Crippen LogP contribution in [0.25, 0.3) is 0 Å². The Bertz CT molecular complexity index is 617. The minimum atomic E-state index is -0.0691. The summed E-state index contributed by atoms with van der Waals surface area (Å²) < 4.78 is 10.7. The molecule has 5 heteroatoms. The lowest BCUT2D eigenvalue weighted by Crippen LogP contribution is -2.36. The summed E-state index contributed by atoms with van der Waals surface area (Å²) in [5.41, 5.74) is 2.13. The molecule has 0 radical (unpaired) electrons. The van der Waals surface area contributed by atoms with Gasteiger partial charge in [0.25, 0.3) is 5.91 Å². The molecule has 5 nitrogen and oxygen atoms in total. The van der Waals surface area contributed by atoms with Crippen LogP contribution in [0.1, 0.15) is 11.1 Å².